The van der Waals surface area contributed by atoms with E-state index in [4.69, 9.17) is 0 Å². The van der Waals surface area contributed by atoms with Gasteiger partial charge in [-0.1, -0.05) is 24.3 Å². The van der Waals surface area contributed by atoms with Crippen LogP contribution in [-0.4, -0.2) is 19.6 Å². The average molecular weight is 445 g/mol. The Bertz CT molecular complexity index is 645. The van der Waals surface area contributed by atoms with Crippen molar-refractivity contribution in [2.75, 3.05) is 13.6 Å². The van der Waals surface area contributed by atoms with Crippen LogP contribution in [0.15, 0.2) is 53.5 Å². The smallest absolute Gasteiger partial charge is 0.191 e. The van der Waals surface area contributed by atoms with E-state index in [9.17, 15) is 8.78 Å². The fourth-order valence-corrected chi connectivity index (χ4v) is 2.20. The van der Waals surface area contributed by atoms with Crippen molar-refractivity contribution < 1.29 is 8.78 Å². The van der Waals surface area contributed by atoms with Gasteiger partial charge in [0.05, 0.1) is 0 Å². The van der Waals surface area contributed by atoms with Gasteiger partial charge in [0.15, 0.2) is 5.96 Å². The Morgan fingerprint density at radius 3 is 2.38 bits per heavy atom. The van der Waals surface area contributed by atoms with Crippen LogP contribution in [0.3, 0.4) is 0 Å². The maximum absolute atomic E-state index is 13.1. The number of nitrogens with zero attached hydrogens (tertiary/aromatic N) is 1. The standard InChI is InChI=1S/C18H21F2N3.HI/c1-21-18(23-13-15-7-9-16(19)10-8-15)22-11-3-5-14-4-2-6-17(20)12-14;/h2,4,6-10,12H,3,5,11,13H2,1H3,(H2,21,22,23);1H. The molecule has 2 rings (SSSR count). The molecule has 0 aliphatic carbocycles. The number of nitrogens with one attached hydrogen (secondary N) is 2. The lowest BCUT2D eigenvalue weighted by Gasteiger charge is -2.12. The van der Waals surface area contributed by atoms with Crippen molar-refractivity contribution in [2.45, 2.75) is 19.4 Å². The lowest BCUT2D eigenvalue weighted by molar-refractivity contribution is 0.623. The van der Waals surface area contributed by atoms with E-state index in [1.165, 1.54) is 18.2 Å². The molecule has 6 heteroatoms. The molecule has 0 spiro atoms. The van der Waals surface area contributed by atoms with E-state index in [1.54, 1.807) is 31.3 Å². The molecule has 2 N–H and O–H groups in total. The molecule has 0 saturated heterocycles. The summed E-state index contributed by atoms with van der Waals surface area (Å²) in [5.74, 6) is 0.245. The van der Waals surface area contributed by atoms with E-state index in [2.05, 4.69) is 15.6 Å². The predicted octanol–water partition coefficient (Wildman–Crippen LogP) is 3.88. The molecule has 2 aromatic rings. The number of aliphatic imine (C=N–C) groups is 1. The largest absolute Gasteiger partial charge is 0.356 e. The molecule has 2 aromatic carbocycles. The van der Waals surface area contributed by atoms with Gasteiger partial charge in [0.2, 0.25) is 0 Å². The van der Waals surface area contributed by atoms with Gasteiger partial charge in [0.1, 0.15) is 11.6 Å². The Hall–Kier alpha value is -1.70. The highest BCUT2D eigenvalue weighted by Gasteiger charge is 2.00. The number of rotatable bonds is 6. The number of hydrogen-bond donors (Lipinski definition) is 2. The van der Waals surface area contributed by atoms with Crippen LogP contribution in [0.5, 0.6) is 0 Å². The summed E-state index contributed by atoms with van der Waals surface area (Å²) in [7, 11) is 1.70. The highest BCUT2D eigenvalue weighted by molar-refractivity contribution is 14.0. The van der Waals surface area contributed by atoms with Gasteiger partial charge < -0.3 is 10.6 Å². The molecule has 0 heterocycles. The molecule has 0 saturated carbocycles. The van der Waals surface area contributed by atoms with Crippen LogP contribution in [0.25, 0.3) is 0 Å². The molecule has 0 aliphatic heterocycles. The molecular weight excluding hydrogens is 423 g/mol. The zero-order valence-corrected chi connectivity index (χ0v) is 15.9. The van der Waals surface area contributed by atoms with E-state index >= 15 is 0 Å². The van der Waals surface area contributed by atoms with Crippen LogP contribution in [-0.2, 0) is 13.0 Å². The fourth-order valence-electron chi connectivity index (χ4n) is 2.20. The third-order valence-corrected chi connectivity index (χ3v) is 3.42. The van der Waals surface area contributed by atoms with Crippen LogP contribution in [0.2, 0.25) is 0 Å². The normalized spacial score (nSPS) is 10.9. The Kier molecular flexibility index (Phi) is 9.29. The lowest BCUT2D eigenvalue weighted by atomic mass is 10.1. The zero-order chi connectivity index (χ0) is 16.5. The molecule has 0 atom stereocenters. The molecular formula is C18H22F2IN3. The Morgan fingerprint density at radius 1 is 0.958 bits per heavy atom. The van der Waals surface area contributed by atoms with E-state index in [0.717, 1.165) is 30.5 Å². The molecule has 0 amide bonds. The van der Waals surface area contributed by atoms with Gasteiger partial charge in [-0.05, 0) is 48.2 Å². The first-order valence-electron chi connectivity index (χ1n) is 7.61. The lowest BCUT2D eigenvalue weighted by Crippen LogP contribution is -2.37. The maximum atomic E-state index is 13.1. The van der Waals surface area contributed by atoms with Crippen molar-refractivity contribution in [1.82, 2.24) is 10.6 Å². The number of hydrogen-bond acceptors (Lipinski definition) is 1. The number of halogens is 3. The molecule has 0 aliphatic rings. The van der Waals surface area contributed by atoms with Crippen molar-refractivity contribution in [3.05, 3.63) is 71.3 Å². The molecule has 3 nitrogen and oxygen atoms in total. The minimum absolute atomic E-state index is 0. The molecule has 130 valence electrons. The first kappa shape index (κ1) is 20.3. The van der Waals surface area contributed by atoms with Gasteiger partial charge >= 0.3 is 0 Å². The Labute approximate surface area is 158 Å². The quantitative estimate of drug-likeness (QED) is 0.307. The second-order valence-electron chi connectivity index (χ2n) is 5.21. The first-order valence-corrected chi connectivity index (χ1v) is 7.61. The van der Waals surface area contributed by atoms with Gasteiger partial charge in [0, 0.05) is 20.1 Å². The van der Waals surface area contributed by atoms with Crippen molar-refractivity contribution in [3.8, 4) is 0 Å². The van der Waals surface area contributed by atoms with Crippen molar-refractivity contribution in [1.29, 1.82) is 0 Å². The van der Waals surface area contributed by atoms with E-state index in [0.29, 0.717) is 12.5 Å². The summed E-state index contributed by atoms with van der Waals surface area (Å²) in [6, 6.07) is 13.0. The zero-order valence-electron chi connectivity index (χ0n) is 13.6. The summed E-state index contributed by atoms with van der Waals surface area (Å²) in [4.78, 5) is 4.14. The van der Waals surface area contributed by atoms with Crippen molar-refractivity contribution in [2.24, 2.45) is 4.99 Å². The third-order valence-electron chi connectivity index (χ3n) is 3.42. The van der Waals surface area contributed by atoms with E-state index in [-0.39, 0.29) is 35.6 Å². The molecule has 0 bridgehead atoms. The monoisotopic (exact) mass is 445 g/mol. The summed E-state index contributed by atoms with van der Waals surface area (Å²) >= 11 is 0. The van der Waals surface area contributed by atoms with Crippen molar-refractivity contribution in [3.63, 3.8) is 0 Å². The maximum Gasteiger partial charge on any atom is 0.191 e. The fraction of sp³-hybridized carbons (Fsp3) is 0.278. The Balaban J connectivity index is 0.00000288. The van der Waals surface area contributed by atoms with Gasteiger partial charge in [0.25, 0.3) is 0 Å². The minimum Gasteiger partial charge on any atom is -0.356 e. The van der Waals surface area contributed by atoms with E-state index < -0.39 is 0 Å². The summed E-state index contributed by atoms with van der Waals surface area (Å²) in [6.45, 7) is 1.31. The summed E-state index contributed by atoms with van der Waals surface area (Å²) in [5, 5.41) is 6.38. The third kappa shape index (κ3) is 7.25. The van der Waals surface area contributed by atoms with Crippen LogP contribution >= 0.6 is 24.0 Å². The number of benzene rings is 2. The molecule has 0 aromatic heterocycles. The summed E-state index contributed by atoms with van der Waals surface area (Å²) in [5.41, 5.74) is 1.97. The SMILES string of the molecule is CN=C(NCCCc1cccc(F)c1)NCc1ccc(F)cc1.I. The summed E-state index contributed by atoms with van der Waals surface area (Å²) in [6.07, 6.45) is 1.68. The van der Waals surface area contributed by atoms with Crippen LogP contribution in [0.4, 0.5) is 8.78 Å². The van der Waals surface area contributed by atoms with E-state index in [1.807, 2.05) is 6.07 Å². The van der Waals surface area contributed by atoms with Crippen LogP contribution < -0.4 is 10.6 Å². The highest BCUT2D eigenvalue weighted by atomic mass is 127. The first-order chi connectivity index (χ1) is 11.2. The summed E-state index contributed by atoms with van der Waals surface area (Å²) < 4.78 is 25.9. The molecule has 0 radical (unpaired) electrons. The van der Waals surface area contributed by atoms with Gasteiger partial charge in [-0.25, -0.2) is 8.78 Å². The number of aryl methyl sites for hydroxylation is 1. The molecule has 0 unspecified atom stereocenters. The highest BCUT2D eigenvalue weighted by Crippen LogP contribution is 2.05. The topological polar surface area (TPSA) is 36.4 Å². The van der Waals surface area contributed by atoms with Gasteiger partial charge in [-0.3, -0.25) is 4.99 Å². The Morgan fingerprint density at radius 2 is 1.71 bits per heavy atom. The van der Waals surface area contributed by atoms with Crippen molar-refractivity contribution >= 4 is 29.9 Å². The number of guanidine groups is 1. The average Bonchev–Trinajstić information content (AvgIpc) is 2.56. The van der Waals surface area contributed by atoms with Crippen LogP contribution in [0.1, 0.15) is 17.5 Å². The molecule has 0 fully saturated rings. The second kappa shape index (κ2) is 11.0. The van der Waals surface area contributed by atoms with Crippen LogP contribution in [0, 0.1) is 11.6 Å². The second-order valence-corrected chi connectivity index (χ2v) is 5.21. The predicted molar refractivity (Wildman–Crippen MR) is 105 cm³/mol. The van der Waals surface area contributed by atoms with Gasteiger partial charge in [-0.2, -0.15) is 0 Å². The minimum atomic E-state index is -0.242. The van der Waals surface area contributed by atoms with Gasteiger partial charge in [-0.15, -0.1) is 24.0 Å². The molecule has 24 heavy (non-hydrogen) atoms.